The van der Waals surface area contributed by atoms with Crippen LogP contribution in [0.4, 0.5) is 19.1 Å². The lowest BCUT2D eigenvalue weighted by atomic mass is 9.84. The zero-order chi connectivity index (χ0) is 26.9. The van der Waals surface area contributed by atoms with E-state index in [1.54, 1.807) is 6.20 Å². The standard InChI is InChI=1S/C27H36F3N5O3/c1-17(15-27(28,29)30)32-26-31-16-24-22(14-23(35(24)33-26)19-6-8-21(36)9-7-19)18-2-4-20(5-3-18)25(37)34-10-12-38-13-11-34/h2,14,16-17,19-21,36H,3-13,15H2,1H3,(H,32,33)/t17-,19?,20-,21?/m0/s1. The van der Waals surface area contributed by atoms with Crippen LogP contribution in [0.2, 0.25) is 0 Å². The van der Waals surface area contributed by atoms with Gasteiger partial charge in [-0.1, -0.05) is 6.08 Å². The van der Waals surface area contributed by atoms with Crippen molar-refractivity contribution in [2.24, 2.45) is 5.92 Å². The van der Waals surface area contributed by atoms with Gasteiger partial charge in [-0.15, -0.1) is 5.10 Å². The minimum Gasteiger partial charge on any atom is -0.393 e. The van der Waals surface area contributed by atoms with Crippen molar-refractivity contribution in [1.82, 2.24) is 19.5 Å². The number of carbonyl (C=O) groups is 1. The van der Waals surface area contributed by atoms with Gasteiger partial charge in [-0.3, -0.25) is 4.79 Å². The molecule has 38 heavy (non-hydrogen) atoms. The Morgan fingerprint density at radius 1 is 1.21 bits per heavy atom. The quantitative estimate of drug-likeness (QED) is 0.564. The van der Waals surface area contributed by atoms with E-state index in [0.717, 1.165) is 48.0 Å². The maximum Gasteiger partial charge on any atom is 0.391 e. The Morgan fingerprint density at radius 2 is 1.95 bits per heavy atom. The van der Waals surface area contributed by atoms with Gasteiger partial charge in [-0.25, -0.2) is 9.50 Å². The molecule has 2 N–H and O–H groups in total. The Morgan fingerprint density at radius 3 is 2.61 bits per heavy atom. The number of hydrogen-bond donors (Lipinski definition) is 2. The summed E-state index contributed by atoms with van der Waals surface area (Å²) < 4.78 is 45.7. The molecule has 8 nitrogen and oxygen atoms in total. The van der Waals surface area contributed by atoms with Crippen molar-refractivity contribution < 1.29 is 27.8 Å². The predicted molar refractivity (Wildman–Crippen MR) is 137 cm³/mol. The van der Waals surface area contributed by atoms with Crippen LogP contribution in [0.3, 0.4) is 0 Å². The Balaban J connectivity index is 1.40. The smallest absolute Gasteiger partial charge is 0.391 e. The number of fused-ring (bicyclic) bond motifs is 1. The van der Waals surface area contributed by atoms with E-state index in [4.69, 9.17) is 4.74 Å². The Kier molecular flexibility index (Phi) is 7.95. The molecule has 1 amide bonds. The number of alkyl halides is 3. The molecule has 1 saturated heterocycles. The molecule has 2 aromatic heterocycles. The largest absolute Gasteiger partial charge is 0.393 e. The van der Waals surface area contributed by atoms with Crippen molar-refractivity contribution in [3.05, 3.63) is 29.6 Å². The molecule has 2 aromatic rings. The van der Waals surface area contributed by atoms with Crippen LogP contribution in [0.15, 0.2) is 18.3 Å². The third-order valence-electron chi connectivity index (χ3n) is 8.00. The molecule has 0 bridgehead atoms. The van der Waals surface area contributed by atoms with Gasteiger partial charge in [0.1, 0.15) is 0 Å². The second-order valence-corrected chi connectivity index (χ2v) is 10.9. The fourth-order valence-corrected chi connectivity index (χ4v) is 5.96. The van der Waals surface area contributed by atoms with E-state index in [1.807, 2.05) is 9.42 Å². The number of ether oxygens (including phenoxy) is 1. The van der Waals surface area contributed by atoms with Crippen LogP contribution in [-0.2, 0) is 9.53 Å². The number of hydrogen-bond acceptors (Lipinski definition) is 6. The summed E-state index contributed by atoms with van der Waals surface area (Å²) in [6, 6.07) is 1.27. The average molecular weight is 536 g/mol. The first-order valence-electron chi connectivity index (χ1n) is 13.6. The number of aromatic nitrogens is 3. The van der Waals surface area contributed by atoms with E-state index < -0.39 is 18.6 Å². The number of carbonyl (C=O) groups excluding carboxylic acids is 1. The summed E-state index contributed by atoms with van der Waals surface area (Å²) >= 11 is 0. The third kappa shape index (κ3) is 6.14. The summed E-state index contributed by atoms with van der Waals surface area (Å²) in [5.74, 6) is 0.503. The molecule has 2 fully saturated rings. The Bertz CT molecular complexity index is 1170. The number of allylic oxidation sites excluding steroid dienone is 2. The van der Waals surface area contributed by atoms with Gasteiger partial charge >= 0.3 is 6.18 Å². The summed E-state index contributed by atoms with van der Waals surface area (Å²) in [7, 11) is 0. The first-order valence-corrected chi connectivity index (χ1v) is 13.6. The molecular weight excluding hydrogens is 499 g/mol. The topological polar surface area (TPSA) is 92.0 Å². The number of aliphatic hydroxyl groups excluding tert-OH is 1. The fourth-order valence-electron chi connectivity index (χ4n) is 5.96. The van der Waals surface area contributed by atoms with Crippen molar-refractivity contribution in [2.75, 3.05) is 31.6 Å². The van der Waals surface area contributed by atoms with Crippen LogP contribution in [0.25, 0.3) is 11.1 Å². The maximum atomic E-state index is 13.0. The zero-order valence-corrected chi connectivity index (χ0v) is 21.7. The summed E-state index contributed by atoms with van der Waals surface area (Å²) in [6.45, 7) is 3.93. The third-order valence-corrected chi connectivity index (χ3v) is 8.00. The highest BCUT2D eigenvalue weighted by molar-refractivity contribution is 5.83. The van der Waals surface area contributed by atoms with Crippen molar-refractivity contribution in [3.63, 3.8) is 0 Å². The normalized spacial score (nSPS) is 25.8. The minimum atomic E-state index is -4.28. The number of anilines is 1. The minimum absolute atomic E-state index is 0.0350. The summed E-state index contributed by atoms with van der Waals surface area (Å²) in [4.78, 5) is 19.2. The zero-order valence-electron chi connectivity index (χ0n) is 21.7. The van der Waals surface area contributed by atoms with E-state index in [0.29, 0.717) is 45.6 Å². The van der Waals surface area contributed by atoms with Crippen molar-refractivity contribution >= 4 is 22.9 Å². The molecule has 3 aliphatic rings. The van der Waals surface area contributed by atoms with Gasteiger partial charge in [0, 0.05) is 42.2 Å². The van der Waals surface area contributed by atoms with Gasteiger partial charge in [-0.05, 0) is 63.5 Å². The molecule has 0 radical (unpaired) electrons. The molecule has 1 saturated carbocycles. The predicted octanol–water partition coefficient (Wildman–Crippen LogP) is 4.54. The van der Waals surface area contributed by atoms with E-state index in [1.165, 1.54) is 6.92 Å². The van der Waals surface area contributed by atoms with E-state index >= 15 is 0 Å². The highest BCUT2D eigenvalue weighted by Gasteiger charge is 2.32. The van der Waals surface area contributed by atoms with Crippen molar-refractivity contribution in [1.29, 1.82) is 0 Å². The first-order chi connectivity index (χ1) is 18.2. The maximum absolute atomic E-state index is 13.0. The first kappa shape index (κ1) is 26.9. The van der Waals surface area contributed by atoms with E-state index in [9.17, 15) is 23.1 Å². The molecule has 11 heteroatoms. The van der Waals surface area contributed by atoms with Gasteiger partial charge in [-0.2, -0.15) is 13.2 Å². The molecule has 5 rings (SSSR count). The van der Waals surface area contributed by atoms with Crippen LogP contribution < -0.4 is 5.32 Å². The summed E-state index contributed by atoms with van der Waals surface area (Å²) in [5, 5.41) is 17.4. The fraction of sp³-hybridized carbons (Fsp3) is 0.667. The number of halogens is 3. The number of nitrogens with zero attached hydrogens (tertiary/aromatic N) is 4. The molecule has 1 aliphatic heterocycles. The number of aliphatic hydroxyl groups is 1. The molecule has 208 valence electrons. The van der Waals surface area contributed by atoms with Gasteiger partial charge in [0.15, 0.2) is 0 Å². The van der Waals surface area contributed by atoms with Gasteiger partial charge < -0.3 is 20.1 Å². The summed E-state index contributed by atoms with van der Waals surface area (Å²) in [6.07, 6.45) is 3.52. The van der Waals surface area contributed by atoms with Gasteiger partial charge in [0.2, 0.25) is 11.9 Å². The Labute approximate surface area is 220 Å². The molecule has 0 aromatic carbocycles. The van der Waals surface area contributed by atoms with Crippen LogP contribution in [0.5, 0.6) is 0 Å². The lowest BCUT2D eigenvalue weighted by molar-refractivity contribution is -0.140. The number of amides is 1. The molecule has 2 aliphatic carbocycles. The lowest BCUT2D eigenvalue weighted by Crippen LogP contribution is -2.44. The number of morpholine rings is 1. The monoisotopic (exact) mass is 535 g/mol. The van der Waals surface area contributed by atoms with Crippen LogP contribution >= 0.6 is 0 Å². The molecule has 3 heterocycles. The second-order valence-electron chi connectivity index (χ2n) is 10.9. The second kappa shape index (κ2) is 11.2. The van der Waals surface area contributed by atoms with E-state index in [2.05, 4.69) is 27.5 Å². The van der Waals surface area contributed by atoms with Crippen molar-refractivity contribution in [2.45, 2.75) is 82.5 Å². The highest BCUT2D eigenvalue weighted by atomic mass is 19.4. The lowest BCUT2D eigenvalue weighted by Gasteiger charge is -2.31. The SMILES string of the molecule is C[C@@H](CC(F)(F)F)Nc1ncc2c(C3=CC[C@H](C(=O)N4CCOCC4)CC3)cc(C3CCC(O)CC3)n2n1. The molecule has 0 spiro atoms. The molecule has 0 unspecified atom stereocenters. The summed E-state index contributed by atoms with van der Waals surface area (Å²) in [5.41, 5.74) is 3.95. The molecule has 2 atom stereocenters. The molecular formula is C27H36F3N5O3. The van der Waals surface area contributed by atoms with Crippen LogP contribution in [-0.4, -0.2) is 75.1 Å². The van der Waals surface area contributed by atoms with E-state index in [-0.39, 0.29) is 29.8 Å². The number of rotatable bonds is 6. The average Bonchev–Trinajstić information content (AvgIpc) is 3.27. The van der Waals surface area contributed by atoms with Crippen molar-refractivity contribution in [3.8, 4) is 0 Å². The van der Waals surface area contributed by atoms with Crippen LogP contribution in [0, 0.1) is 5.92 Å². The van der Waals surface area contributed by atoms with Gasteiger partial charge in [0.25, 0.3) is 0 Å². The van der Waals surface area contributed by atoms with Crippen LogP contribution in [0.1, 0.15) is 75.5 Å². The number of nitrogens with one attached hydrogen (secondary N) is 1. The van der Waals surface area contributed by atoms with Gasteiger partial charge in [0.05, 0.1) is 37.5 Å². The Hall–Kier alpha value is -2.66. The highest BCUT2D eigenvalue weighted by Crippen LogP contribution is 2.39.